The van der Waals surface area contributed by atoms with Crippen LogP contribution in [-0.2, 0) is 10.5 Å². The van der Waals surface area contributed by atoms with E-state index in [1.165, 1.54) is 22.5 Å². The summed E-state index contributed by atoms with van der Waals surface area (Å²) < 4.78 is 0. The SMILES string of the molecule is C[C@@H](NC(=O)CSCc1ccccc1C#N)c1ccc2ccccc2c1. The molecular formula is C22H20N2OS. The minimum Gasteiger partial charge on any atom is -0.349 e. The molecule has 0 aliphatic rings. The van der Waals surface area contributed by atoms with Gasteiger partial charge in [-0.2, -0.15) is 5.26 Å². The number of hydrogen-bond acceptors (Lipinski definition) is 3. The zero-order valence-corrected chi connectivity index (χ0v) is 15.4. The number of thioether (sulfide) groups is 1. The summed E-state index contributed by atoms with van der Waals surface area (Å²) in [5, 5.41) is 14.5. The van der Waals surface area contributed by atoms with Gasteiger partial charge in [-0.1, -0.05) is 54.6 Å². The fourth-order valence-corrected chi connectivity index (χ4v) is 3.69. The molecule has 0 fully saturated rings. The van der Waals surface area contributed by atoms with Crippen molar-refractivity contribution in [3.8, 4) is 6.07 Å². The Morgan fingerprint density at radius 2 is 1.81 bits per heavy atom. The molecule has 0 radical (unpaired) electrons. The molecule has 3 aromatic rings. The van der Waals surface area contributed by atoms with Crippen LogP contribution in [0.2, 0.25) is 0 Å². The number of carbonyl (C=O) groups is 1. The number of nitrogens with one attached hydrogen (secondary N) is 1. The van der Waals surface area contributed by atoms with Gasteiger partial charge in [-0.25, -0.2) is 0 Å². The lowest BCUT2D eigenvalue weighted by Crippen LogP contribution is -2.28. The Morgan fingerprint density at radius 3 is 2.62 bits per heavy atom. The summed E-state index contributed by atoms with van der Waals surface area (Å²) in [4.78, 5) is 12.2. The van der Waals surface area contributed by atoms with E-state index in [-0.39, 0.29) is 11.9 Å². The molecular weight excluding hydrogens is 340 g/mol. The molecule has 0 saturated heterocycles. The molecule has 0 unspecified atom stereocenters. The van der Waals surface area contributed by atoms with Gasteiger partial charge in [-0.05, 0) is 41.0 Å². The summed E-state index contributed by atoms with van der Waals surface area (Å²) >= 11 is 1.52. The zero-order valence-electron chi connectivity index (χ0n) is 14.6. The average Bonchev–Trinajstić information content (AvgIpc) is 2.68. The Morgan fingerprint density at radius 1 is 1.08 bits per heavy atom. The van der Waals surface area contributed by atoms with E-state index in [1.54, 1.807) is 6.07 Å². The second-order valence-corrected chi connectivity index (χ2v) is 7.14. The first kappa shape index (κ1) is 18.0. The number of benzene rings is 3. The molecule has 3 nitrogen and oxygen atoms in total. The molecule has 0 aliphatic carbocycles. The summed E-state index contributed by atoms with van der Waals surface area (Å²) in [6.45, 7) is 2.00. The third-order valence-electron chi connectivity index (χ3n) is 4.28. The molecule has 0 heterocycles. The van der Waals surface area contributed by atoms with Crippen molar-refractivity contribution in [2.75, 3.05) is 5.75 Å². The van der Waals surface area contributed by atoms with Crippen LogP contribution in [0.15, 0.2) is 66.7 Å². The third kappa shape index (κ3) is 4.44. The summed E-state index contributed by atoms with van der Waals surface area (Å²) in [5.41, 5.74) is 2.73. The van der Waals surface area contributed by atoms with Crippen molar-refractivity contribution in [3.05, 3.63) is 83.4 Å². The van der Waals surface area contributed by atoms with Crippen molar-refractivity contribution in [2.45, 2.75) is 18.7 Å². The van der Waals surface area contributed by atoms with E-state index in [0.29, 0.717) is 17.1 Å². The zero-order chi connectivity index (χ0) is 18.4. The van der Waals surface area contributed by atoms with Crippen LogP contribution in [0.5, 0.6) is 0 Å². The summed E-state index contributed by atoms with van der Waals surface area (Å²) in [6.07, 6.45) is 0. The van der Waals surface area contributed by atoms with Gasteiger partial charge in [0.1, 0.15) is 0 Å². The molecule has 0 aliphatic heterocycles. The van der Waals surface area contributed by atoms with Gasteiger partial charge in [0.15, 0.2) is 0 Å². The Balaban J connectivity index is 1.54. The van der Waals surface area contributed by atoms with E-state index in [9.17, 15) is 4.79 Å². The number of hydrogen-bond donors (Lipinski definition) is 1. The maximum Gasteiger partial charge on any atom is 0.230 e. The number of fused-ring (bicyclic) bond motifs is 1. The van der Waals surface area contributed by atoms with E-state index in [2.05, 4.69) is 41.7 Å². The first-order valence-electron chi connectivity index (χ1n) is 8.51. The average molecular weight is 360 g/mol. The molecule has 130 valence electrons. The molecule has 0 bridgehead atoms. The van der Waals surface area contributed by atoms with Crippen LogP contribution in [0, 0.1) is 11.3 Å². The maximum absolute atomic E-state index is 12.2. The van der Waals surface area contributed by atoms with Crippen LogP contribution in [-0.4, -0.2) is 11.7 Å². The van der Waals surface area contributed by atoms with Crippen molar-refractivity contribution >= 4 is 28.4 Å². The van der Waals surface area contributed by atoms with Gasteiger partial charge < -0.3 is 5.32 Å². The van der Waals surface area contributed by atoms with E-state index < -0.39 is 0 Å². The lowest BCUT2D eigenvalue weighted by atomic mass is 10.0. The molecule has 3 rings (SSSR count). The van der Waals surface area contributed by atoms with Crippen molar-refractivity contribution in [1.29, 1.82) is 5.26 Å². The standard InChI is InChI=1S/C22H20N2OS/c1-16(18-11-10-17-6-2-3-7-19(17)12-18)24-22(25)15-26-14-21-9-5-4-8-20(21)13-23/h2-12,16H,14-15H2,1H3,(H,24,25)/t16-/m1/s1. The maximum atomic E-state index is 12.2. The lowest BCUT2D eigenvalue weighted by Gasteiger charge is -2.15. The molecule has 4 heteroatoms. The topological polar surface area (TPSA) is 52.9 Å². The van der Waals surface area contributed by atoms with Crippen LogP contribution in [0.25, 0.3) is 10.8 Å². The Bertz CT molecular complexity index is 962. The number of nitrogens with zero attached hydrogens (tertiary/aromatic N) is 1. The number of nitriles is 1. The van der Waals surface area contributed by atoms with Crippen LogP contribution in [0.4, 0.5) is 0 Å². The predicted octanol–water partition coefficient (Wildman–Crippen LogP) is 4.82. The van der Waals surface area contributed by atoms with E-state index in [1.807, 2.05) is 37.3 Å². The highest BCUT2D eigenvalue weighted by atomic mass is 32.2. The Labute approximate surface area is 158 Å². The van der Waals surface area contributed by atoms with Gasteiger partial charge in [0.05, 0.1) is 23.4 Å². The second kappa shape index (κ2) is 8.55. The number of amides is 1. The molecule has 1 atom stereocenters. The number of carbonyl (C=O) groups excluding carboxylic acids is 1. The molecule has 0 aromatic heterocycles. The van der Waals surface area contributed by atoms with Crippen LogP contribution >= 0.6 is 11.8 Å². The van der Waals surface area contributed by atoms with Crippen LogP contribution < -0.4 is 5.32 Å². The van der Waals surface area contributed by atoms with Gasteiger partial charge in [0.25, 0.3) is 0 Å². The fraction of sp³-hybridized carbons (Fsp3) is 0.182. The molecule has 26 heavy (non-hydrogen) atoms. The Hall–Kier alpha value is -2.77. The molecule has 0 spiro atoms. The minimum atomic E-state index is -0.0425. The van der Waals surface area contributed by atoms with Crippen molar-refractivity contribution in [2.24, 2.45) is 0 Å². The third-order valence-corrected chi connectivity index (χ3v) is 5.26. The van der Waals surface area contributed by atoms with E-state index in [4.69, 9.17) is 5.26 Å². The summed E-state index contributed by atoms with van der Waals surface area (Å²) in [7, 11) is 0. The largest absolute Gasteiger partial charge is 0.349 e. The summed E-state index contributed by atoms with van der Waals surface area (Å²) in [6, 6.07) is 24.1. The first-order valence-corrected chi connectivity index (χ1v) is 9.66. The molecule has 3 aromatic carbocycles. The van der Waals surface area contributed by atoms with Gasteiger partial charge in [-0.3, -0.25) is 4.79 Å². The van der Waals surface area contributed by atoms with Crippen molar-refractivity contribution in [1.82, 2.24) is 5.32 Å². The smallest absolute Gasteiger partial charge is 0.230 e. The fourth-order valence-electron chi connectivity index (χ4n) is 2.85. The Kier molecular flexibility index (Phi) is 5.93. The second-order valence-electron chi connectivity index (χ2n) is 6.16. The van der Waals surface area contributed by atoms with Gasteiger partial charge in [0, 0.05) is 5.75 Å². The lowest BCUT2D eigenvalue weighted by molar-refractivity contribution is -0.119. The van der Waals surface area contributed by atoms with Crippen LogP contribution in [0.3, 0.4) is 0 Å². The van der Waals surface area contributed by atoms with Crippen molar-refractivity contribution in [3.63, 3.8) is 0 Å². The molecule has 1 amide bonds. The van der Waals surface area contributed by atoms with E-state index in [0.717, 1.165) is 11.1 Å². The van der Waals surface area contributed by atoms with Crippen molar-refractivity contribution < 1.29 is 4.79 Å². The first-order chi connectivity index (χ1) is 12.7. The van der Waals surface area contributed by atoms with Gasteiger partial charge in [-0.15, -0.1) is 11.8 Å². The predicted molar refractivity (Wildman–Crippen MR) is 108 cm³/mol. The molecule has 1 N–H and O–H groups in total. The highest BCUT2D eigenvalue weighted by Gasteiger charge is 2.11. The quantitative estimate of drug-likeness (QED) is 0.685. The highest BCUT2D eigenvalue weighted by Crippen LogP contribution is 2.21. The van der Waals surface area contributed by atoms with Gasteiger partial charge in [0.2, 0.25) is 5.91 Å². The minimum absolute atomic E-state index is 0.00472. The molecule has 0 saturated carbocycles. The highest BCUT2D eigenvalue weighted by molar-refractivity contribution is 7.99. The number of rotatable bonds is 6. The van der Waals surface area contributed by atoms with Gasteiger partial charge >= 0.3 is 0 Å². The normalized spacial score (nSPS) is 11.7. The van der Waals surface area contributed by atoms with Crippen LogP contribution in [0.1, 0.15) is 29.7 Å². The van der Waals surface area contributed by atoms with E-state index >= 15 is 0 Å². The monoisotopic (exact) mass is 360 g/mol. The summed E-state index contributed by atoms with van der Waals surface area (Å²) in [5.74, 6) is 1.03.